The van der Waals surface area contributed by atoms with Gasteiger partial charge in [-0.2, -0.15) is 11.8 Å². The molecule has 0 aliphatic heterocycles. The van der Waals surface area contributed by atoms with Crippen LogP contribution >= 0.6 is 23.5 Å². The highest BCUT2D eigenvalue weighted by molar-refractivity contribution is 7.98. The number of hydrogen-bond donors (Lipinski definition) is 2. The molecule has 0 radical (unpaired) electrons. The minimum absolute atomic E-state index is 0.290. The number of hydrogen-bond acceptors (Lipinski definition) is 5. The molecule has 13 heavy (non-hydrogen) atoms. The minimum atomic E-state index is -0.442. The Morgan fingerprint density at radius 1 is 1.62 bits per heavy atom. The first-order valence-corrected chi connectivity index (χ1v) is 5.68. The lowest BCUT2D eigenvalue weighted by molar-refractivity contribution is -0.144. The summed E-state index contributed by atoms with van der Waals surface area (Å²) in [6.45, 7) is 2.19. The van der Waals surface area contributed by atoms with Crippen LogP contribution in [0.15, 0.2) is 0 Å². The van der Waals surface area contributed by atoms with E-state index in [-0.39, 0.29) is 5.97 Å². The molecule has 0 aliphatic rings. The van der Waals surface area contributed by atoms with Crippen LogP contribution in [-0.4, -0.2) is 30.6 Å². The number of carbonyl (C=O) groups is 1. The summed E-state index contributed by atoms with van der Waals surface area (Å²) in [5, 5.41) is 3.97. The Labute approximate surface area is 88.4 Å². The van der Waals surface area contributed by atoms with Crippen molar-refractivity contribution < 1.29 is 9.53 Å². The molecule has 0 rings (SSSR count). The Morgan fingerprint density at radius 2 is 2.15 bits per heavy atom. The maximum atomic E-state index is 10.9. The molecule has 80 valence electrons. The van der Waals surface area contributed by atoms with E-state index < -0.39 is 6.04 Å². The fourth-order valence-corrected chi connectivity index (χ4v) is 1.10. The zero-order valence-electron chi connectivity index (χ0n) is 7.96. The Hall–Kier alpha value is 0.0300. The average molecular weight is 229 g/mol. The van der Waals surface area contributed by atoms with Gasteiger partial charge in [0.2, 0.25) is 0 Å². The number of rotatable bonds is 5. The van der Waals surface area contributed by atoms with Crippen molar-refractivity contribution in [3.63, 3.8) is 0 Å². The summed E-state index contributed by atoms with van der Waals surface area (Å²) < 4.78 is 4.73. The van der Waals surface area contributed by atoms with Gasteiger partial charge in [-0.1, -0.05) is 0 Å². The monoisotopic (exact) mass is 228 g/mol. The molecule has 0 fully saturated rings. The third kappa shape index (κ3) is 9.95. The van der Waals surface area contributed by atoms with E-state index >= 15 is 0 Å². The predicted molar refractivity (Wildman–Crippen MR) is 57.6 cm³/mol. The molecule has 1 atom stereocenters. The summed E-state index contributed by atoms with van der Waals surface area (Å²) in [5.74, 6) is 0.613. The lowest BCUT2D eigenvalue weighted by Crippen LogP contribution is -2.32. The van der Waals surface area contributed by atoms with Gasteiger partial charge in [0.25, 0.3) is 0 Å². The number of thioether (sulfide) groups is 1. The SMILES string of the molecule is CCOC(=O)C(N)CCSC.NCl. The van der Waals surface area contributed by atoms with Crippen LogP contribution in [0.5, 0.6) is 0 Å². The third-order valence-corrected chi connectivity index (χ3v) is 1.87. The molecular weight excluding hydrogens is 212 g/mol. The molecule has 0 heterocycles. The number of carbonyl (C=O) groups excluding carboxylic acids is 1. The molecule has 0 spiro atoms. The number of ether oxygens (including phenoxy) is 1. The second-order valence-corrected chi connectivity index (χ2v) is 3.13. The summed E-state index contributed by atoms with van der Waals surface area (Å²) in [6, 6.07) is -0.442. The van der Waals surface area contributed by atoms with Gasteiger partial charge in [-0.05, 0) is 37.1 Å². The number of esters is 1. The highest BCUT2D eigenvalue weighted by atomic mass is 35.5. The van der Waals surface area contributed by atoms with Gasteiger partial charge in [0, 0.05) is 0 Å². The van der Waals surface area contributed by atoms with Crippen molar-refractivity contribution in [2.75, 3.05) is 18.6 Å². The lowest BCUT2D eigenvalue weighted by Gasteiger charge is -2.08. The van der Waals surface area contributed by atoms with Crippen LogP contribution in [0.1, 0.15) is 13.3 Å². The summed E-state index contributed by atoms with van der Waals surface area (Å²) in [4.78, 5) is 10.9. The van der Waals surface area contributed by atoms with Crippen LogP contribution in [-0.2, 0) is 9.53 Å². The molecule has 0 saturated carbocycles. The highest BCUT2D eigenvalue weighted by Gasteiger charge is 2.12. The molecule has 4 N–H and O–H groups in total. The van der Waals surface area contributed by atoms with Crippen molar-refractivity contribution in [1.82, 2.24) is 0 Å². The van der Waals surface area contributed by atoms with Crippen LogP contribution in [0.2, 0.25) is 0 Å². The van der Waals surface area contributed by atoms with E-state index in [0.29, 0.717) is 13.0 Å². The van der Waals surface area contributed by atoms with E-state index in [1.165, 1.54) is 0 Å². The van der Waals surface area contributed by atoms with Crippen molar-refractivity contribution in [3.05, 3.63) is 0 Å². The number of halogens is 1. The van der Waals surface area contributed by atoms with E-state index in [1.807, 2.05) is 6.26 Å². The molecule has 0 amide bonds. The molecule has 0 saturated heterocycles. The van der Waals surface area contributed by atoms with Crippen molar-refractivity contribution in [1.29, 1.82) is 0 Å². The Balaban J connectivity index is 0. The second kappa shape index (κ2) is 12.0. The lowest BCUT2D eigenvalue weighted by atomic mass is 10.2. The van der Waals surface area contributed by atoms with E-state index in [9.17, 15) is 4.79 Å². The zero-order valence-corrected chi connectivity index (χ0v) is 9.53. The van der Waals surface area contributed by atoms with Crippen LogP contribution in [0, 0.1) is 0 Å². The summed E-state index contributed by atoms with van der Waals surface area (Å²) >= 11 is 5.82. The Bertz CT molecular complexity index is 127. The quantitative estimate of drug-likeness (QED) is 0.536. The summed E-state index contributed by atoms with van der Waals surface area (Å²) in [7, 11) is 0. The van der Waals surface area contributed by atoms with Crippen LogP contribution in [0.25, 0.3) is 0 Å². The van der Waals surface area contributed by atoms with Crippen molar-refractivity contribution in [2.24, 2.45) is 11.0 Å². The molecule has 0 aromatic heterocycles. The van der Waals surface area contributed by atoms with E-state index in [0.717, 1.165) is 5.75 Å². The standard InChI is InChI=1S/C7H15NO2S.ClH2N/c1-3-10-7(9)6(8)4-5-11-2;1-2/h6H,3-5,8H2,1-2H3;2H2. The fourth-order valence-electron chi connectivity index (χ4n) is 0.612. The topological polar surface area (TPSA) is 78.3 Å². The van der Waals surface area contributed by atoms with Gasteiger partial charge in [-0.15, -0.1) is 0 Å². The fraction of sp³-hybridized carbons (Fsp3) is 0.857. The molecule has 1 unspecified atom stereocenters. The maximum absolute atomic E-state index is 10.9. The van der Waals surface area contributed by atoms with Crippen molar-refractivity contribution in [3.8, 4) is 0 Å². The van der Waals surface area contributed by atoms with Crippen LogP contribution < -0.4 is 11.0 Å². The molecule has 0 bridgehead atoms. The van der Waals surface area contributed by atoms with Gasteiger partial charge in [0.05, 0.1) is 6.61 Å². The molecule has 0 aromatic rings. The van der Waals surface area contributed by atoms with Crippen LogP contribution in [0.4, 0.5) is 0 Å². The largest absolute Gasteiger partial charge is 0.465 e. The maximum Gasteiger partial charge on any atom is 0.322 e. The normalized spacial score (nSPS) is 11.2. The molecular formula is C7H17ClN2O2S. The van der Waals surface area contributed by atoms with E-state index in [1.54, 1.807) is 18.7 Å². The van der Waals surface area contributed by atoms with Crippen molar-refractivity contribution in [2.45, 2.75) is 19.4 Å². The second-order valence-electron chi connectivity index (χ2n) is 2.14. The van der Waals surface area contributed by atoms with Gasteiger partial charge < -0.3 is 10.5 Å². The van der Waals surface area contributed by atoms with Gasteiger partial charge in [-0.3, -0.25) is 4.79 Å². The summed E-state index contributed by atoms with van der Waals surface area (Å²) in [5.41, 5.74) is 5.50. The average Bonchev–Trinajstić information content (AvgIpc) is 2.17. The third-order valence-electron chi connectivity index (χ3n) is 1.22. The minimum Gasteiger partial charge on any atom is -0.465 e. The first-order valence-electron chi connectivity index (χ1n) is 3.85. The van der Waals surface area contributed by atoms with E-state index in [4.69, 9.17) is 10.5 Å². The zero-order chi connectivity index (χ0) is 10.7. The van der Waals surface area contributed by atoms with Gasteiger partial charge >= 0.3 is 5.97 Å². The molecule has 4 nitrogen and oxygen atoms in total. The predicted octanol–water partition coefficient (Wildman–Crippen LogP) is 0.729. The highest BCUT2D eigenvalue weighted by Crippen LogP contribution is 1.99. The Kier molecular flexibility index (Phi) is 14.3. The van der Waals surface area contributed by atoms with E-state index in [2.05, 4.69) is 17.0 Å². The van der Waals surface area contributed by atoms with Gasteiger partial charge in [-0.25, -0.2) is 5.25 Å². The van der Waals surface area contributed by atoms with Crippen LogP contribution in [0.3, 0.4) is 0 Å². The number of nitrogens with two attached hydrogens (primary N) is 2. The first-order chi connectivity index (χ1) is 6.22. The smallest absolute Gasteiger partial charge is 0.322 e. The molecule has 6 heteroatoms. The Morgan fingerprint density at radius 3 is 2.54 bits per heavy atom. The summed E-state index contributed by atoms with van der Waals surface area (Å²) in [6.07, 6.45) is 2.68. The molecule has 0 aromatic carbocycles. The molecule has 0 aliphatic carbocycles. The van der Waals surface area contributed by atoms with Crippen molar-refractivity contribution >= 4 is 29.5 Å². The first kappa shape index (κ1) is 15.5. The van der Waals surface area contributed by atoms with Gasteiger partial charge in [0.1, 0.15) is 6.04 Å². The van der Waals surface area contributed by atoms with Gasteiger partial charge in [0.15, 0.2) is 0 Å².